The topological polar surface area (TPSA) is 69.2 Å². The third-order valence-electron chi connectivity index (χ3n) is 3.62. The molecule has 0 heterocycles. The minimum absolute atomic E-state index is 0.169. The smallest absolute Gasteiger partial charge is 0.265 e. The van der Waals surface area contributed by atoms with Crippen molar-refractivity contribution < 1.29 is 19.1 Å². The van der Waals surface area contributed by atoms with Crippen LogP contribution in [0.25, 0.3) is 0 Å². The van der Waals surface area contributed by atoms with Gasteiger partial charge in [0, 0.05) is 11.3 Å². The minimum Gasteiger partial charge on any atom is -0.493 e. The standard InChI is InChI=1S/C20H24N2O4/c1-5-25-18-9-7-16(11-19(18)24-4)12-21-26-13-20(23)22-17-8-6-14(2)10-15(17)3/h6-12H,5,13H2,1-4H3,(H,22,23)/b21-12+. The zero-order valence-electron chi connectivity index (χ0n) is 15.5. The molecule has 0 saturated heterocycles. The summed E-state index contributed by atoms with van der Waals surface area (Å²) < 4.78 is 10.7. The van der Waals surface area contributed by atoms with Gasteiger partial charge in [-0.3, -0.25) is 4.79 Å². The molecule has 6 heteroatoms. The molecule has 0 fully saturated rings. The van der Waals surface area contributed by atoms with E-state index >= 15 is 0 Å². The fourth-order valence-electron chi connectivity index (χ4n) is 2.37. The van der Waals surface area contributed by atoms with Crippen LogP contribution in [0.4, 0.5) is 5.69 Å². The van der Waals surface area contributed by atoms with Crippen LogP contribution in [0.15, 0.2) is 41.6 Å². The zero-order chi connectivity index (χ0) is 18.9. The van der Waals surface area contributed by atoms with E-state index in [2.05, 4.69) is 10.5 Å². The number of hydrogen-bond acceptors (Lipinski definition) is 5. The number of aryl methyl sites for hydroxylation is 2. The highest BCUT2D eigenvalue weighted by molar-refractivity contribution is 5.92. The highest BCUT2D eigenvalue weighted by Gasteiger charge is 2.06. The molecular formula is C20H24N2O4. The first-order valence-corrected chi connectivity index (χ1v) is 8.36. The van der Waals surface area contributed by atoms with Gasteiger partial charge in [0.2, 0.25) is 0 Å². The van der Waals surface area contributed by atoms with E-state index in [1.54, 1.807) is 19.2 Å². The van der Waals surface area contributed by atoms with Crippen molar-refractivity contribution in [3.8, 4) is 11.5 Å². The van der Waals surface area contributed by atoms with Crippen LogP contribution in [0.2, 0.25) is 0 Å². The Kier molecular flexibility index (Phi) is 7.02. The van der Waals surface area contributed by atoms with Crippen LogP contribution in [-0.2, 0) is 9.63 Å². The first kappa shape index (κ1) is 19.3. The van der Waals surface area contributed by atoms with Gasteiger partial charge in [0.05, 0.1) is 19.9 Å². The summed E-state index contributed by atoms with van der Waals surface area (Å²) in [6.45, 7) is 6.25. The second-order valence-electron chi connectivity index (χ2n) is 5.72. The molecule has 0 aliphatic carbocycles. The van der Waals surface area contributed by atoms with Crippen LogP contribution in [-0.4, -0.2) is 32.4 Å². The molecule has 0 atom stereocenters. The number of benzene rings is 2. The summed E-state index contributed by atoms with van der Waals surface area (Å²) in [6.07, 6.45) is 1.52. The molecule has 6 nitrogen and oxygen atoms in total. The lowest BCUT2D eigenvalue weighted by Gasteiger charge is -2.09. The highest BCUT2D eigenvalue weighted by atomic mass is 16.6. The van der Waals surface area contributed by atoms with E-state index in [1.807, 2.05) is 45.0 Å². The molecule has 0 spiro atoms. The average Bonchev–Trinajstić information content (AvgIpc) is 2.62. The number of nitrogens with zero attached hydrogens (tertiary/aromatic N) is 1. The Bertz CT molecular complexity index is 787. The molecule has 2 aromatic rings. The maximum absolute atomic E-state index is 11.9. The predicted molar refractivity (Wildman–Crippen MR) is 102 cm³/mol. The van der Waals surface area contributed by atoms with E-state index in [0.29, 0.717) is 18.1 Å². The predicted octanol–water partition coefficient (Wildman–Crippen LogP) is 3.70. The Morgan fingerprint density at radius 3 is 2.65 bits per heavy atom. The first-order chi connectivity index (χ1) is 12.5. The van der Waals surface area contributed by atoms with Crippen molar-refractivity contribution >= 4 is 17.8 Å². The van der Waals surface area contributed by atoms with Gasteiger partial charge in [0.25, 0.3) is 5.91 Å². The van der Waals surface area contributed by atoms with E-state index in [-0.39, 0.29) is 12.5 Å². The fourth-order valence-corrected chi connectivity index (χ4v) is 2.37. The maximum Gasteiger partial charge on any atom is 0.265 e. The van der Waals surface area contributed by atoms with Gasteiger partial charge in [0.15, 0.2) is 18.1 Å². The number of carbonyl (C=O) groups is 1. The Balaban J connectivity index is 1.87. The molecule has 2 rings (SSSR count). The SMILES string of the molecule is CCOc1ccc(/C=N/OCC(=O)Nc2ccc(C)cc2C)cc1OC. The van der Waals surface area contributed by atoms with Crippen molar-refractivity contribution in [2.45, 2.75) is 20.8 Å². The van der Waals surface area contributed by atoms with Crippen LogP contribution in [0.3, 0.4) is 0 Å². The number of ether oxygens (including phenoxy) is 2. The molecule has 138 valence electrons. The zero-order valence-corrected chi connectivity index (χ0v) is 15.5. The van der Waals surface area contributed by atoms with Crippen molar-refractivity contribution in [3.05, 3.63) is 53.1 Å². The summed E-state index contributed by atoms with van der Waals surface area (Å²) in [5.41, 5.74) is 3.69. The summed E-state index contributed by atoms with van der Waals surface area (Å²) >= 11 is 0. The molecule has 1 amide bonds. The van der Waals surface area contributed by atoms with Crippen LogP contribution >= 0.6 is 0 Å². The minimum atomic E-state index is -0.265. The van der Waals surface area contributed by atoms with Crippen LogP contribution in [0, 0.1) is 13.8 Å². The second kappa shape index (κ2) is 9.46. The maximum atomic E-state index is 11.9. The van der Waals surface area contributed by atoms with Gasteiger partial charge >= 0.3 is 0 Å². The molecule has 0 bridgehead atoms. The summed E-state index contributed by atoms with van der Waals surface area (Å²) in [7, 11) is 1.58. The number of carbonyl (C=O) groups excluding carboxylic acids is 1. The van der Waals surface area contributed by atoms with Gasteiger partial charge in [-0.25, -0.2) is 0 Å². The normalized spacial score (nSPS) is 10.6. The summed E-state index contributed by atoms with van der Waals surface area (Å²) in [5, 5.41) is 6.63. The number of amides is 1. The van der Waals surface area contributed by atoms with Crippen molar-refractivity contribution in [1.29, 1.82) is 0 Å². The third-order valence-corrected chi connectivity index (χ3v) is 3.62. The molecule has 26 heavy (non-hydrogen) atoms. The molecule has 0 unspecified atom stereocenters. The number of rotatable bonds is 8. The summed E-state index contributed by atoms with van der Waals surface area (Å²) in [6, 6.07) is 11.2. The number of hydrogen-bond donors (Lipinski definition) is 1. The van der Waals surface area contributed by atoms with E-state index < -0.39 is 0 Å². The van der Waals surface area contributed by atoms with Crippen LogP contribution < -0.4 is 14.8 Å². The molecular weight excluding hydrogens is 332 g/mol. The molecule has 0 saturated carbocycles. The molecule has 1 N–H and O–H groups in total. The van der Waals surface area contributed by atoms with Crippen molar-refractivity contribution in [1.82, 2.24) is 0 Å². The Morgan fingerprint density at radius 1 is 1.15 bits per heavy atom. The monoisotopic (exact) mass is 356 g/mol. The quantitative estimate of drug-likeness (QED) is 0.578. The van der Waals surface area contributed by atoms with Gasteiger partial charge in [-0.05, 0) is 50.6 Å². The summed E-state index contributed by atoms with van der Waals surface area (Å²) in [5.74, 6) is 1.02. The number of anilines is 1. The number of methoxy groups -OCH3 is 1. The van der Waals surface area contributed by atoms with Crippen LogP contribution in [0.1, 0.15) is 23.6 Å². The van der Waals surface area contributed by atoms with E-state index in [1.165, 1.54) is 6.21 Å². The molecule has 2 aromatic carbocycles. The molecule has 0 aliphatic heterocycles. The Morgan fingerprint density at radius 2 is 1.96 bits per heavy atom. The Labute approximate surface area is 153 Å². The number of nitrogens with one attached hydrogen (secondary N) is 1. The molecule has 0 aromatic heterocycles. The van der Waals surface area contributed by atoms with E-state index in [4.69, 9.17) is 14.3 Å². The lowest BCUT2D eigenvalue weighted by molar-refractivity contribution is -0.120. The van der Waals surface area contributed by atoms with Crippen molar-refractivity contribution in [2.24, 2.45) is 5.16 Å². The van der Waals surface area contributed by atoms with Crippen LogP contribution in [0.5, 0.6) is 11.5 Å². The van der Waals surface area contributed by atoms with Crippen molar-refractivity contribution in [2.75, 3.05) is 25.6 Å². The summed E-state index contributed by atoms with van der Waals surface area (Å²) in [4.78, 5) is 17.0. The van der Waals surface area contributed by atoms with Gasteiger partial charge in [-0.1, -0.05) is 22.9 Å². The van der Waals surface area contributed by atoms with Gasteiger partial charge < -0.3 is 19.6 Å². The second-order valence-corrected chi connectivity index (χ2v) is 5.72. The Hall–Kier alpha value is -3.02. The first-order valence-electron chi connectivity index (χ1n) is 8.36. The third kappa shape index (κ3) is 5.51. The van der Waals surface area contributed by atoms with Crippen molar-refractivity contribution in [3.63, 3.8) is 0 Å². The van der Waals surface area contributed by atoms with Gasteiger partial charge in [0.1, 0.15) is 0 Å². The number of oxime groups is 1. The van der Waals surface area contributed by atoms with E-state index in [0.717, 1.165) is 22.4 Å². The van der Waals surface area contributed by atoms with Gasteiger partial charge in [-0.15, -0.1) is 0 Å². The van der Waals surface area contributed by atoms with E-state index in [9.17, 15) is 4.79 Å². The fraction of sp³-hybridized carbons (Fsp3) is 0.300. The molecule has 0 aliphatic rings. The van der Waals surface area contributed by atoms with Gasteiger partial charge in [-0.2, -0.15) is 0 Å². The lowest BCUT2D eigenvalue weighted by atomic mass is 10.1. The lowest BCUT2D eigenvalue weighted by Crippen LogP contribution is -2.17. The average molecular weight is 356 g/mol. The largest absolute Gasteiger partial charge is 0.493 e. The highest BCUT2D eigenvalue weighted by Crippen LogP contribution is 2.27. The molecule has 0 radical (unpaired) electrons.